The van der Waals surface area contributed by atoms with E-state index in [0.717, 1.165) is 74.6 Å². The lowest BCUT2D eigenvalue weighted by Gasteiger charge is -2.20. The van der Waals surface area contributed by atoms with Gasteiger partial charge in [-0.1, -0.05) is 12.1 Å². The van der Waals surface area contributed by atoms with Crippen LogP contribution < -0.4 is 5.32 Å². The number of benzene rings is 1. The van der Waals surface area contributed by atoms with Gasteiger partial charge < -0.3 is 5.32 Å². The first-order chi connectivity index (χ1) is 14.7. The minimum absolute atomic E-state index is 0.0932. The van der Waals surface area contributed by atoms with Crippen molar-refractivity contribution < 1.29 is 4.92 Å². The second-order valence-corrected chi connectivity index (χ2v) is 8.35. The third-order valence-corrected chi connectivity index (χ3v) is 6.34. The Balaban J connectivity index is 1.61. The number of nitrogens with zero attached hydrogens (tertiary/aromatic N) is 4. The van der Waals surface area contributed by atoms with Crippen molar-refractivity contribution in [1.82, 2.24) is 19.6 Å². The van der Waals surface area contributed by atoms with Gasteiger partial charge in [0.25, 0.3) is 5.69 Å². The Hall–Kier alpha value is -2.77. The van der Waals surface area contributed by atoms with Crippen LogP contribution in [0.25, 0.3) is 16.9 Å². The van der Waals surface area contributed by atoms with Gasteiger partial charge in [-0.3, -0.25) is 19.4 Å². The van der Waals surface area contributed by atoms with Gasteiger partial charge >= 0.3 is 0 Å². The number of pyridine rings is 1. The summed E-state index contributed by atoms with van der Waals surface area (Å²) in [5, 5.41) is 14.8. The maximum atomic E-state index is 11.4. The number of aryl methyl sites for hydroxylation is 2. The molecule has 5 rings (SSSR count). The maximum absolute atomic E-state index is 11.4. The first kappa shape index (κ1) is 19.2. The van der Waals surface area contributed by atoms with Crippen LogP contribution in [0.15, 0.2) is 36.5 Å². The zero-order chi connectivity index (χ0) is 20.5. The molecular weight excluding hydrogens is 378 g/mol. The van der Waals surface area contributed by atoms with Crippen LogP contribution in [0.5, 0.6) is 0 Å². The van der Waals surface area contributed by atoms with E-state index in [1.807, 2.05) is 4.40 Å². The Morgan fingerprint density at radius 3 is 2.77 bits per heavy atom. The predicted molar refractivity (Wildman–Crippen MR) is 117 cm³/mol. The summed E-state index contributed by atoms with van der Waals surface area (Å²) in [6.45, 7) is 4.71. The normalized spacial score (nSPS) is 17.6. The monoisotopic (exact) mass is 405 g/mol. The number of hydrogen-bond donors (Lipinski definition) is 1. The molecule has 0 bridgehead atoms. The van der Waals surface area contributed by atoms with Gasteiger partial charge in [-0.15, -0.1) is 0 Å². The van der Waals surface area contributed by atoms with Crippen molar-refractivity contribution >= 4 is 11.3 Å². The van der Waals surface area contributed by atoms with Crippen molar-refractivity contribution in [3.05, 3.63) is 63.5 Å². The number of nitro groups is 1. The van der Waals surface area contributed by atoms with Crippen LogP contribution in [0.4, 0.5) is 5.69 Å². The van der Waals surface area contributed by atoms with Crippen LogP contribution in [-0.2, 0) is 19.4 Å². The minimum Gasteiger partial charge on any atom is -0.315 e. The second-order valence-electron chi connectivity index (χ2n) is 8.35. The molecule has 156 valence electrons. The molecule has 0 saturated carbocycles. The molecule has 3 heterocycles. The highest BCUT2D eigenvalue weighted by Crippen LogP contribution is 2.31. The molecule has 1 aliphatic heterocycles. The zero-order valence-corrected chi connectivity index (χ0v) is 17.1. The van der Waals surface area contributed by atoms with E-state index in [1.54, 1.807) is 18.3 Å². The van der Waals surface area contributed by atoms with Crippen molar-refractivity contribution in [1.29, 1.82) is 0 Å². The van der Waals surface area contributed by atoms with Gasteiger partial charge in [-0.25, -0.2) is 4.98 Å². The van der Waals surface area contributed by atoms with Gasteiger partial charge in [-0.2, -0.15) is 0 Å². The summed E-state index contributed by atoms with van der Waals surface area (Å²) in [5.74, 6) is 0. The third-order valence-electron chi connectivity index (χ3n) is 6.34. The number of fused-ring (bicyclic) bond motifs is 2. The van der Waals surface area contributed by atoms with E-state index in [4.69, 9.17) is 4.98 Å². The minimum atomic E-state index is -0.336. The number of rotatable bonds is 4. The molecule has 1 aromatic carbocycles. The maximum Gasteiger partial charge on any atom is 0.286 e. The Morgan fingerprint density at radius 1 is 1.03 bits per heavy atom. The Labute approximate surface area is 175 Å². The number of aromatic nitrogens is 2. The van der Waals surface area contributed by atoms with Gasteiger partial charge in [0.1, 0.15) is 5.65 Å². The fourth-order valence-electron chi connectivity index (χ4n) is 4.72. The molecule has 1 aliphatic carbocycles. The van der Waals surface area contributed by atoms with E-state index in [-0.39, 0.29) is 10.6 Å². The molecule has 1 saturated heterocycles. The van der Waals surface area contributed by atoms with Gasteiger partial charge in [0, 0.05) is 31.3 Å². The molecule has 0 radical (unpaired) electrons. The second kappa shape index (κ2) is 8.16. The standard InChI is InChI=1S/C23H27N5O2/c29-28(30)20-8-9-22-25-23(19-7-6-17-4-1-2-5-18(17)14-19)21(27(22)15-20)16-26-12-3-10-24-11-13-26/h6-9,14-15,24H,1-5,10-13,16H2. The van der Waals surface area contributed by atoms with Crippen LogP contribution in [0.3, 0.4) is 0 Å². The van der Waals surface area contributed by atoms with Gasteiger partial charge in [0.2, 0.25) is 0 Å². The Bertz CT molecular complexity index is 1080. The highest BCUT2D eigenvalue weighted by molar-refractivity contribution is 5.68. The lowest BCUT2D eigenvalue weighted by Crippen LogP contribution is -2.28. The van der Waals surface area contributed by atoms with Crippen molar-refractivity contribution in [2.45, 2.75) is 38.6 Å². The summed E-state index contributed by atoms with van der Waals surface area (Å²) in [5.41, 5.74) is 6.82. The number of imidazole rings is 1. The van der Waals surface area contributed by atoms with Gasteiger partial charge in [-0.05, 0) is 68.5 Å². The fraction of sp³-hybridized carbons (Fsp3) is 0.435. The van der Waals surface area contributed by atoms with Crippen LogP contribution >= 0.6 is 0 Å². The van der Waals surface area contributed by atoms with Crippen LogP contribution in [0.1, 0.15) is 36.1 Å². The molecule has 7 heteroatoms. The molecule has 1 fully saturated rings. The lowest BCUT2D eigenvalue weighted by atomic mass is 9.90. The molecule has 0 amide bonds. The largest absolute Gasteiger partial charge is 0.315 e. The quantitative estimate of drug-likeness (QED) is 0.530. The molecule has 2 aromatic heterocycles. The molecule has 3 aromatic rings. The molecule has 0 unspecified atom stereocenters. The molecule has 0 atom stereocenters. The number of nitrogens with one attached hydrogen (secondary N) is 1. The number of hydrogen-bond acceptors (Lipinski definition) is 5. The molecular formula is C23H27N5O2. The third kappa shape index (κ3) is 3.70. The predicted octanol–water partition coefficient (Wildman–Crippen LogP) is 3.58. The molecule has 2 aliphatic rings. The van der Waals surface area contributed by atoms with E-state index < -0.39 is 0 Å². The molecule has 30 heavy (non-hydrogen) atoms. The topological polar surface area (TPSA) is 75.7 Å². The zero-order valence-electron chi connectivity index (χ0n) is 17.1. The van der Waals surface area contributed by atoms with E-state index in [0.29, 0.717) is 0 Å². The van der Waals surface area contributed by atoms with Gasteiger partial charge in [0.15, 0.2) is 0 Å². The van der Waals surface area contributed by atoms with E-state index in [2.05, 4.69) is 28.4 Å². The Morgan fingerprint density at radius 2 is 1.90 bits per heavy atom. The molecule has 1 N–H and O–H groups in total. The van der Waals surface area contributed by atoms with Crippen molar-refractivity contribution in [2.75, 3.05) is 26.2 Å². The van der Waals surface area contributed by atoms with Crippen molar-refractivity contribution in [3.8, 4) is 11.3 Å². The lowest BCUT2D eigenvalue weighted by molar-refractivity contribution is -0.385. The van der Waals surface area contributed by atoms with E-state index in [9.17, 15) is 10.1 Å². The highest BCUT2D eigenvalue weighted by Gasteiger charge is 2.21. The van der Waals surface area contributed by atoms with Crippen molar-refractivity contribution in [2.24, 2.45) is 0 Å². The summed E-state index contributed by atoms with van der Waals surface area (Å²) < 4.78 is 1.92. The highest BCUT2D eigenvalue weighted by atomic mass is 16.6. The first-order valence-electron chi connectivity index (χ1n) is 10.9. The summed E-state index contributed by atoms with van der Waals surface area (Å²) >= 11 is 0. The van der Waals surface area contributed by atoms with Gasteiger partial charge in [0.05, 0.1) is 22.5 Å². The van der Waals surface area contributed by atoms with E-state index in [1.165, 1.54) is 24.0 Å². The van der Waals surface area contributed by atoms with E-state index >= 15 is 0 Å². The molecule has 7 nitrogen and oxygen atoms in total. The van der Waals surface area contributed by atoms with Crippen LogP contribution in [-0.4, -0.2) is 45.4 Å². The molecule has 0 spiro atoms. The van der Waals surface area contributed by atoms with Crippen molar-refractivity contribution in [3.63, 3.8) is 0 Å². The summed E-state index contributed by atoms with van der Waals surface area (Å²) in [7, 11) is 0. The summed E-state index contributed by atoms with van der Waals surface area (Å²) in [4.78, 5) is 18.4. The average Bonchev–Trinajstić information content (AvgIpc) is 2.93. The fourth-order valence-corrected chi connectivity index (χ4v) is 4.72. The first-order valence-corrected chi connectivity index (χ1v) is 10.9. The summed E-state index contributed by atoms with van der Waals surface area (Å²) in [6.07, 6.45) is 7.50. The Kier molecular flexibility index (Phi) is 5.23. The van der Waals surface area contributed by atoms with Crippen LogP contribution in [0.2, 0.25) is 0 Å². The SMILES string of the molecule is O=[N+]([O-])c1ccc2nc(-c3ccc4c(c3)CCCC4)c(CN3CCCNCC3)n2c1. The average molecular weight is 406 g/mol. The smallest absolute Gasteiger partial charge is 0.286 e. The summed E-state index contributed by atoms with van der Waals surface area (Å²) in [6, 6.07) is 10.0. The van der Waals surface area contributed by atoms with Crippen LogP contribution in [0, 0.1) is 10.1 Å².